The van der Waals surface area contributed by atoms with Gasteiger partial charge in [-0.2, -0.15) is 0 Å². The smallest absolute Gasteiger partial charge is 0.337 e. The molecule has 2 heterocycles. The highest BCUT2D eigenvalue weighted by molar-refractivity contribution is 5.87. The van der Waals surface area contributed by atoms with Crippen molar-refractivity contribution in [2.24, 2.45) is 0 Å². The van der Waals surface area contributed by atoms with Crippen LogP contribution in [0.15, 0.2) is 12.3 Å². The molecule has 0 radical (unpaired) electrons. The van der Waals surface area contributed by atoms with Gasteiger partial charge in [-0.15, -0.1) is 0 Å². The molecule has 1 aliphatic rings. The Morgan fingerprint density at radius 3 is 2.94 bits per heavy atom. The summed E-state index contributed by atoms with van der Waals surface area (Å²) in [4.78, 5) is 14.7. The van der Waals surface area contributed by atoms with Crippen molar-refractivity contribution in [3.63, 3.8) is 0 Å². The maximum Gasteiger partial charge on any atom is 0.337 e. The largest absolute Gasteiger partial charge is 0.478 e. The van der Waals surface area contributed by atoms with E-state index >= 15 is 0 Å². The standard InChI is InChI=1S/C11H13NO4/c1-11(2)8(13)4-6-3-7(10(14)15)5-12-9(6)16-11/h3,5,8,13H,4H2,1-2H3,(H,14,15)/t8-/m1/s1. The number of carboxylic acids is 1. The van der Waals surface area contributed by atoms with E-state index in [0.29, 0.717) is 17.9 Å². The number of hydrogen-bond donors (Lipinski definition) is 2. The van der Waals surface area contributed by atoms with Crippen LogP contribution in [0.2, 0.25) is 0 Å². The minimum atomic E-state index is -1.03. The molecule has 0 aromatic carbocycles. The van der Waals surface area contributed by atoms with Gasteiger partial charge < -0.3 is 14.9 Å². The summed E-state index contributed by atoms with van der Waals surface area (Å²) < 4.78 is 5.51. The number of fused-ring (bicyclic) bond motifs is 1. The third-order valence-corrected chi connectivity index (χ3v) is 2.75. The summed E-state index contributed by atoms with van der Waals surface area (Å²) >= 11 is 0. The van der Waals surface area contributed by atoms with E-state index in [-0.39, 0.29) is 5.56 Å². The van der Waals surface area contributed by atoms with Crippen molar-refractivity contribution >= 4 is 5.97 Å². The van der Waals surface area contributed by atoms with E-state index in [9.17, 15) is 9.90 Å². The second-order valence-electron chi connectivity index (χ2n) is 4.42. The zero-order valence-electron chi connectivity index (χ0n) is 9.10. The zero-order chi connectivity index (χ0) is 11.9. The Morgan fingerprint density at radius 1 is 1.62 bits per heavy atom. The summed E-state index contributed by atoms with van der Waals surface area (Å²) in [5.74, 6) is -0.630. The lowest BCUT2D eigenvalue weighted by Crippen LogP contribution is -2.46. The fraction of sp³-hybridized carbons (Fsp3) is 0.455. The quantitative estimate of drug-likeness (QED) is 0.738. The van der Waals surface area contributed by atoms with Crippen LogP contribution in [0.3, 0.4) is 0 Å². The van der Waals surface area contributed by atoms with E-state index in [2.05, 4.69) is 4.98 Å². The van der Waals surface area contributed by atoms with Gasteiger partial charge in [0, 0.05) is 18.2 Å². The molecule has 5 nitrogen and oxygen atoms in total. The van der Waals surface area contributed by atoms with Gasteiger partial charge in [0.15, 0.2) is 0 Å². The van der Waals surface area contributed by atoms with Crippen molar-refractivity contribution in [3.8, 4) is 5.88 Å². The van der Waals surface area contributed by atoms with Gasteiger partial charge in [-0.3, -0.25) is 0 Å². The molecular formula is C11H13NO4. The number of carboxylic acid groups (broad SMARTS) is 1. The van der Waals surface area contributed by atoms with Crippen molar-refractivity contribution in [1.29, 1.82) is 0 Å². The Labute approximate surface area is 92.7 Å². The third-order valence-electron chi connectivity index (χ3n) is 2.75. The number of nitrogens with zero attached hydrogens (tertiary/aromatic N) is 1. The first kappa shape index (κ1) is 10.9. The molecule has 1 aliphatic heterocycles. The van der Waals surface area contributed by atoms with Gasteiger partial charge in [0.1, 0.15) is 5.60 Å². The molecule has 0 bridgehead atoms. The SMILES string of the molecule is CC1(C)Oc2ncc(C(=O)O)cc2C[C@H]1O. The first-order chi connectivity index (χ1) is 7.40. The molecule has 86 valence electrons. The molecule has 0 spiro atoms. The van der Waals surface area contributed by atoms with Crippen molar-refractivity contribution in [2.75, 3.05) is 0 Å². The Hall–Kier alpha value is -1.62. The number of aromatic nitrogens is 1. The summed E-state index contributed by atoms with van der Waals surface area (Å²) in [6, 6.07) is 1.49. The lowest BCUT2D eigenvalue weighted by Gasteiger charge is -2.36. The molecule has 2 rings (SSSR count). The van der Waals surface area contributed by atoms with E-state index in [1.165, 1.54) is 12.3 Å². The van der Waals surface area contributed by atoms with Gasteiger partial charge in [-0.05, 0) is 19.9 Å². The second kappa shape index (κ2) is 3.45. The van der Waals surface area contributed by atoms with Crippen LogP contribution in [0.1, 0.15) is 29.8 Å². The summed E-state index contributed by atoms with van der Waals surface area (Å²) in [6.45, 7) is 3.54. The number of pyridine rings is 1. The molecule has 0 saturated heterocycles. The Kier molecular flexibility index (Phi) is 2.35. The lowest BCUT2D eigenvalue weighted by atomic mass is 9.92. The monoisotopic (exact) mass is 223 g/mol. The van der Waals surface area contributed by atoms with Crippen LogP contribution < -0.4 is 4.74 Å². The van der Waals surface area contributed by atoms with Crippen LogP contribution in [-0.2, 0) is 6.42 Å². The summed E-state index contributed by atoms with van der Waals surface area (Å²) in [6.07, 6.45) is 0.955. The van der Waals surface area contributed by atoms with E-state index in [1.54, 1.807) is 13.8 Å². The fourth-order valence-corrected chi connectivity index (χ4v) is 1.62. The van der Waals surface area contributed by atoms with Crippen molar-refractivity contribution in [2.45, 2.75) is 32.0 Å². The predicted octanol–water partition coefficient (Wildman–Crippen LogP) is 0.854. The molecule has 5 heteroatoms. The Balaban J connectivity index is 2.40. The molecule has 2 N–H and O–H groups in total. The number of rotatable bonds is 1. The molecule has 0 unspecified atom stereocenters. The van der Waals surface area contributed by atoms with Crippen molar-refractivity contribution < 1.29 is 19.7 Å². The maximum absolute atomic E-state index is 10.8. The normalized spacial score (nSPS) is 22.1. The van der Waals surface area contributed by atoms with E-state index in [4.69, 9.17) is 9.84 Å². The molecule has 0 amide bonds. The van der Waals surface area contributed by atoms with Crippen molar-refractivity contribution in [3.05, 3.63) is 23.4 Å². The number of aromatic carboxylic acids is 1. The van der Waals surface area contributed by atoms with Crippen LogP contribution in [0.5, 0.6) is 5.88 Å². The molecule has 0 aliphatic carbocycles. The van der Waals surface area contributed by atoms with Gasteiger partial charge in [0.25, 0.3) is 0 Å². The number of aliphatic hydroxyl groups excluding tert-OH is 1. The van der Waals surface area contributed by atoms with E-state index in [1.807, 2.05) is 0 Å². The van der Waals surface area contributed by atoms with Crippen LogP contribution >= 0.6 is 0 Å². The van der Waals surface area contributed by atoms with Crippen LogP contribution in [0.4, 0.5) is 0 Å². The average Bonchev–Trinajstić information content (AvgIpc) is 2.18. The van der Waals surface area contributed by atoms with Crippen LogP contribution in [0, 0.1) is 0 Å². The Morgan fingerprint density at radius 2 is 2.31 bits per heavy atom. The molecule has 1 aromatic heterocycles. The van der Waals surface area contributed by atoms with Crippen molar-refractivity contribution in [1.82, 2.24) is 4.98 Å². The predicted molar refractivity (Wildman–Crippen MR) is 55.6 cm³/mol. The average molecular weight is 223 g/mol. The number of ether oxygens (including phenoxy) is 1. The van der Waals surface area contributed by atoms with Crippen LogP contribution in [0.25, 0.3) is 0 Å². The van der Waals surface area contributed by atoms with Gasteiger partial charge in [-0.1, -0.05) is 0 Å². The molecule has 0 saturated carbocycles. The van der Waals surface area contributed by atoms with Gasteiger partial charge in [0.05, 0.1) is 11.7 Å². The highest BCUT2D eigenvalue weighted by atomic mass is 16.5. The number of carbonyl (C=O) groups is 1. The lowest BCUT2D eigenvalue weighted by molar-refractivity contribution is -0.0443. The van der Waals surface area contributed by atoms with E-state index < -0.39 is 17.7 Å². The topological polar surface area (TPSA) is 79.7 Å². The molecule has 1 atom stereocenters. The maximum atomic E-state index is 10.8. The molecular weight excluding hydrogens is 210 g/mol. The first-order valence-corrected chi connectivity index (χ1v) is 4.99. The summed E-state index contributed by atoms with van der Waals surface area (Å²) in [5, 5.41) is 18.6. The summed E-state index contributed by atoms with van der Waals surface area (Å²) in [5.41, 5.74) is 0.0473. The molecule has 1 aromatic rings. The zero-order valence-corrected chi connectivity index (χ0v) is 9.10. The fourth-order valence-electron chi connectivity index (χ4n) is 1.62. The second-order valence-corrected chi connectivity index (χ2v) is 4.42. The summed E-state index contributed by atoms with van der Waals surface area (Å²) in [7, 11) is 0. The molecule has 0 fully saturated rings. The third kappa shape index (κ3) is 1.74. The van der Waals surface area contributed by atoms with Gasteiger partial charge in [0.2, 0.25) is 5.88 Å². The number of hydrogen-bond acceptors (Lipinski definition) is 4. The van der Waals surface area contributed by atoms with Gasteiger partial charge >= 0.3 is 5.97 Å². The highest BCUT2D eigenvalue weighted by Gasteiger charge is 2.36. The van der Waals surface area contributed by atoms with Gasteiger partial charge in [-0.25, -0.2) is 9.78 Å². The minimum absolute atomic E-state index is 0.106. The van der Waals surface area contributed by atoms with Crippen LogP contribution in [-0.4, -0.2) is 32.9 Å². The van der Waals surface area contributed by atoms with E-state index in [0.717, 1.165) is 0 Å². The Bertz CT molecular complexity index is 442. The highest BCUT2D eigenvalue weighted by Crippen LogP contribution is 2.31. The first-order valence-electron chi connectivity index (χ1n) is 4.99. The number of aliphatic hydroxyl groups is 1. The molecule has 16 heavy (non-hydrogen) atoms. The minimum Gasteiger partial charge on any atom is -0.478 e.